The molecule has 0 fully saturated rings. The summed E-state index contributed by atoms with van der Waals surface area (Å²) in [5.74, 6) is -1.76. The summed E-state index contributed by atoms with van der Waals surface area (Å²) in [6, 6.07) is 10.1. The number of fused-ring (bicyclic) bond motifs is 1. The molecule has 2 aromatic rings. The highest BCUT2D eigenvalue weighted by atomic mass is 19.1. The van der Waals surface area contributed by atoms with Crippen LogP contribution in [0.3, 0.4) is 0 Å². The van der Waals surface area contributed by atoms with Crippen molar-refractivity contribution in [3.63, 3.8) is 0 Å². The molecule has 3 rings (SSSR count). The van der Waals surface area contributed by atoms with E-state index in [1.807, 2.05) is 24.3 Å². The summed E-state index contributed by atoms with van der Waals surface area (Å²) in [7, 11) is 0. The standard InChI is InChI=1S/C18H17FN2O3/c1-2-24-17(23)18(10-13-5-3-4-6-14(13)11-18)21-16(22)12-7-8-20-15(19)9-12/h3-9H,2,10-11H2,1H3,(H,21,22). The van der Waals surface area contributed by atoms with Crippen molar-refractivity contribution in [2.75, 3.05) is 6.61 Å². The molecule has 0 spiro atoms. The second-order valence-corrected chi connectivity index (χ2v) is 5.75. The molecule has 0 aliphatic heterocycles. The SMILES string of the molecule is CCOC(=O)C1(NC(=O)c2ccnc(F)c2)Cc2ccccc2C1. The summed E-state index contributed by atoms with van der Waals surface area (Å²) >= 11 is 0. The van der Waals surface area contributed by atoms with Crippen LogP contribution in [-0.4, -0.2) is 29.0 Å². The van der Waals surface area contributed by atoms with Crippen LogP contribution in [0.15, 0.2) is 42.6 Å². The quantitative estimate of drug-likeness (QED) is 0.689. The number of benzene rings is 1. The van der Waals surface area contributed by atoms with Gasteiger partial charge in [-0.05, 0) is 24.1 Å². The molecule has 1 aliphatic rings. The molecule has 1 aromatic carbocycles. The first-order valence-electron chi connectivity index (χ1n) is 7.72. The van der Waals surface area contributed by atoms with E-state index in [9.17, 15) is 14.0 Å². The molecule has 1 heterocycles. The largest absolute Gasteiger partial charge is 0.464 e. The molecule has 1 N–H and O–H groups in total. The number of carbonyl (C=O) groups excluding carboxylic acids is 2. The predicted molar refractivity (Wildman–Crippen MR) is 84.9 cm³/mol. The predicted octanol–water partition coefficient (Wildman–Crippen LogP) is 2.05. The fourth-order valence-electron chi connectivity index (χ4n) is 3.00. The molecule has 0 saturated carbocycles. The minimum atomic E-state index is -1.17. The molecule has 0 saturated heterocycles. The maximum atomic E-state index is 13.2. The second-order valence-electron chi connectivity index (χ2n) is 5.75. The van der Waals surface area contributed by atoms with E-state index < -0.39 is 23.4 Å². The molecule has 0 atom stereocenters. The van der Waals surface area contributed by atoms with Crippen LogP contribution in [0.1, 0.15) is 28.4 Å². The summed E-state index contributed by atoms with van der Waals surface area (Å²) < 4.78 is 18.4. The number of ether oxygens (including phenoxy) is 1. The van der Waals surface area contributed by atoms with Crippen LogP contribution in [0, 0.1) is 5.95 Å². The summed E-state index contributed by atoms with van der Waals surface area (Å²) in [5.41, 5.74) is 0.928. The lowest BCUT2D eigenvalue weighted by Crippen LogP contribution is -2.56. The molecular weight excluding hydrogens is 311 g/mol. The third kappa shape index (κ3) is 2.99. The number of aromatic nitrogens is 1. The second kappa shape index (κ2) is 6.39. The first-order valence-corrected chi connectivity index (χ1v) is 7.72. The number of amides is 1. The highest BCUT2D eigenvalue weighted by Gasteiger charge is 2.46. The Balaban J connectivity index is 1.90. The van der Waals surface area contributed by atoms with Crippen LogP contribution in [0.4, 0.5) is 4.39 Å². The van der Waals surface area contributed by atoms with Crippen molar-refractivity contribution >= 4 is 11.9 Å². The molecule has 1 aromatic heterocycles. The van der Waals surface area contributed by atoms with Gasteiger partial charge in [-0.3, -0.25) is 4.79 Å². The number of rotatable bonds is 4. The summed E-state index contributed by atoms with van der Waals surface area (Å²) in [5, 5.41) is 2.76. The van der Waals surface area contributed by atoms with Gasteiger partial charge < -0.3 is 10.1 Å². The lowest BCUT2D eigenvalue weighted by Gasteiger charge is -2.28. The summed E-state index contributed by atoms with van der Waals surface area (Å²) in [4.78, 5) is 28.5. The van der Waals surface area contributed by atoms with Crippen LogP contribution in [0.5, 0.6) is 0 Å². The number of carbonyl (C=O) groups is 2. The van der Waals surface area contributed by atoms with Crippen LogP contribution >= 0.6 is 0 Å². The van der Waals surface area contributed by atoms with Crippen LogP contribution in [0.2, 0.25) is 0 Å². The van der Waals surface area contributed by atoms with E-state index in [-0.39, 0.29) is 12.2 Å². The van der Waals surface area contributed by atoms with Crippen LogP contribution < -0.4 is 5.32 Å². The van der Waals surface area contributed by atoms with Gasteiger partial charge in [0, 0.05) is 30.7 Å². The van der Waals surface area contributed by atoms with Gasteiger partial charge in [-0.25, -0.2) is 9.78 Å². The molecule has 6 heteroatoms. The normalized spacial score (nSPS) is 14.8. The van der Waals surface area contributed by atoms with Gasteiger partial charge >= 0.3 is 5.97 Å². The van der Waals surface area contributed by atoms with Gasteiger partial charge in [0.25, 0.3) is 5.91 Å². The summed E-state index contributed by atoms with van der Waals surface area (Å²) in [6.45, 7) is 1.93. The fraction of sp³-hybridized carbons (Fsp3) is 0.278. The Hall–Kier alpha value is -2.76. The van der Waals surface area contributed by atoms with Crippen molar-refractivity contribution in [1.29, 1.82) is 0 Å². The van der Waals surface area contributed by atoms with Crippen LogP contribution in [-0.2, 0) is 22.4 Å². The minimum Gasteiger partial charge on any atom is -0.464 e. The highest BCUT2D eigenvalue weighted by molar-refractivity contribution is 5.98. The van der Waals surface area contributed by atoms with Crippen molar-refractivity contribution in [2.45, 2.75) is 25.3 Å². The van der Waals surface area contributed by atoms with Crippen molar-refractivity contribution in [3.8, 4) is 0 Å². The monoisotopic (exact) mass is 328 g/mol. The van der Waals surface area contributed by atoms with Gasteiger partial charge in [0.1, 0.15) is 5.54 Å². The Bertz CT molecular complexity index is 766. The Kier molecular flexibility index (Phi) is 4.29. The number of halogens is 1. The van der Waals surface area contributed by atoms with Gasteiger partial charge in [-0.2, -0.15) is 4.39 Å². The zero-order valence-electron chi connectivity index (χ0n) is 13.2. The number of nitrogens with one attached hydrogen (secondary N) is 1. The third-order valence-corrected chi connectivity index (χ3v) is 4.11. The van der Waals surface area contributed by atoms with E-state index in [4.69, 9.17) is 4.74 Å². The maximum Gasteiger partial charge on any atom is 0.332 e. The average Bonchev–Trinajstić information content (AvgIpc) is 2.94. The first-order chi connectivity index (χ1) is 11.5. The van der Waals surface area contributed by atoms with Gasteiger partial charge in [-0.15, -0.1) is 0 Å². The molecule has 24 heavy (non-hydrogen) atoms. The molecule has 1 amide bonds. The number of esters is 1. The Morgan fingerprint density at radius 3 is 2.50 bits per heavy atom. The van der Waals surface area contributed by atoms with E-state index in [1.54, 1.807) is 6.92 Å². The molecule has 0 unspecified atom stereocenters. The van der Waals surface area contributed by atoms with Crippen molar-refractivity contribution in [2.24, 2.45) is 0 Å². The Labute approximate surface area is 138 Å². The molecule has 0 radical (unpaired) electrons. The summed E-state index contributed by atoms with van der Waals surface area (Å²) in [6.07, 6.45) is 1.91. The topological polar surface area (TPSA) is 68.3 Å². The molecule has 124 valence electrons. The smallest absolute Gasteiger partial charge is 0.332 e. The Morgan fingerprint density at radius 1 is 1.25 bits per heavy atom. The van der Waals surface area contributed by atoms with Gasteiger partial charge in [0.15, 0.2) is 0 Å². The van der Waals surface area contributed by atoms with E-state index in [1.165, 1.54) is 12.3 Å². The molecule has 0 bridgehead atoms. The average molecular weight is 328 g/mol. The van der Waals surface area contributed by atoms with E-state index in [0.29, 0.717) is 12.8 Å². The third-order valence-electron chi connectivity index (χ3n) is 4.11. The zero-order chi connectivity index (χ0) is 17.2. The molecule has 5 nitrogen and oxygen atoms in total. The lowest BCUT2D eigenvalue weighted by molar-refractivity contribution is -0.150. The van der Waals surface area contributed by atoms with Crippen molar-refractivity contribution < 1.29 is 18.7 Å². The zero-order valence-corrected chi connectivity index (χ0v) is 13.2. The number of pyridine rings is 1. The number of nitrogens with zero attached hydrogens (tertiary/aromatic N) is 1. The number of hydrogen-bond acceptors (Lipinski definition) is 4. The molecule has 1 aliphatic carbocycles. The molecular formula is C18H17FN2O3. The fourth-order valence-corrected chi connectivity index (χ4v) is 3.00. The first kappa shape index (κ1) is 16.1. The van der Waals surface area contributed by atoms with Crippen molar-refractivity contribution in [1.82, 2.24) is 10.3 Å². The lowest BCUT2D eigenvalue weighted by atomic mass is 9.95. The van der Waals surface area contributed by atoms with E-state index in [2.05, 4.69) is 10.3 Å². The van der Waals surface area contributed by atoms with Gasteiger partial charge in [0.05, 0.1) is 6.61 Å². The van der Waals surface area contributed by atoms with Gasteiger partial charge in [0.2, 0.25) is 5.95 Å². The Morgan fingerprint density at radius 2 is 1.92 bits per heavy atom. The maximum absolute atomic E-state index is 13.2. The van der Waals surface area contributed by atoms with Gasteiger partial charge in [-0.1, -0.05) is 24.3 Å². The van der Waals surface area contributed by atoms with E-state index in [0.717, 1.165) is 17.2 Å². The van der Waals surface area contributed by atoms with Crippen LogP contribution in [0.25, 0.3) is 0 Å². The minimum absolute atomic E-state index is 0.113. The van der Waals surface area contributed by atoms with E-state index >= 15 is 0 Å². The van der Waals surface area contributed by atoms with Crippen molar-refractivity contribution in [3.05, 3.63) is 65.2 Å². The highest BCUT2D eigenvalue weighted by Crippen LogP contribution is 2.31. The number of hydrogen-bond donors (Lipinski definition) is 1.